The van der Waals surface area contributed by atoms with Crippen molar-refractivity contribution in [3.63, 3.8) is 0 Å². The van der Waals surface area contributed by atoms with E-state index in [0.717, 1.165) is 29.2 Å². The van der Waals surface area contributed by atoms with E-state index in [2.05, 4.69) is 17.5 Å². The first-order valence-corrected chi connectivity index (χ1v) is 9.07. The predicted molar refractivity (Wildman–Crippen MR) is 101 cm³/mol. The fraction of sp³-hybridized carbons (Fsp3) is 0.300. The SMILES string of the molecule is C#Cc1c(C(F)(F)F)cc(C)nc1SCC(=O)c1cc(C)n(CC=C)c1C. The van der Waals surface area contributed by atoms with Crippen molar-refractivity contribution in [3.05, 3.63) is 58.6 Å². The molecule has 7 heteroatoms. The number of allylic oxidation sites excluding steroid dienone is 1. The summed E-state index contributed by atoms with van der Waals surface area (Å²) in [6, 6.07) is 2.69. The van der Waals surface area contributed by atoms with E-state index >= 15 is 0 Å². The summed E-state index contributed by atoms with van der Waals surface area (Å²) in [6.07, 6.45) is 2.45. The first kappa shape index (κ1) is 20.8. The Morgan fingerprint density at radius 2 is 2.04 bits per heavy atom. The number of rotatable bonds is 6. The first-order valence-electron chi connectivity index (χ1n) is 8.09. The lowest BCUT2D eigenvalue weighted by Gasteiger charge is -2.13. The van der Waals surface area contributed by atoms with E-state index in [0.29, 0.717) is 12.1 Å². The van der Waals surface area contributed by atoms with Crippen LogP contribution in [-0.2, 0) is 12.7 Å². The molecule has 0 aromatic carbocycles. The lowest BCUT2D eigenvalue weighted by Crippen LogP contribution is -2.11. The zero-order valence-corrected chi connectivity index (χ0v) is 16.1. The van der Waals surface area contributed by atoms with Gasteiger partial charge in [-0.1, -0.05) is 23.8 Å². The van der Waals surface area contributed by atoms with Crippen LogP contribution in [0.1, 0.15) is 38.6 Å². The highest BCUT2D eigenvalue weighted by Gasteiger charge is 2.35. The van der Waals surface area contributed by atoms with Crippen LogP contribution in [0.15, 0.2) is 29.8 Å². The number of terminal acetylenes is 1. The molecule has 0 unspecified atom stereocenters. The predicted octanol–water partition coefficient (Wildman–Crippen LogP) is 4.97. The quantitative estimate of drug-likeness (QED) is 0.301. The molecule has 0 atom stereocenters. The summed E-state index contributed by atoms with van der Waals surface area (Å²) in [5, 5.41) is 0.0399. The van der Waals surface area contributed by atoms with Crippen molar-refractivity contribution < 1.29 is 18.0 Å². The van der Waals surface area contributed by atoms with Gasteiger partial charge in [-0.3, -0.25) is 4.79 Å². The molecule has 0 amide bonds. The highest BCUT2D eigenvalue weighted by atomic mass is 32.2. The molecule has 0 radical (unpaired) electrons. The average molecular weight is 392 g/mol. The molecule has 0 saturated heterocycles. The molecule has 2 aromatic heterocycles. The fourth-order valence-corrected chi connectivity index (χ4v) is 3.76. The normalized spacial score (nSPS) is 11.3. The van der Waals surface area contributed by atoms with E-state index in [4.69, 9.17) is 6.42 Å². The maximum atomic E-state index is 13.2. The van der Waals surface area contributed by atoms with Gasteiger partial charge in [0.15, 0.2) is 5.78 Å². The van der Waals surface area contributed by atoms with E-state index in [9.17, 15) is 18.0 Å². The number of carbonyl (C=O) groups is 1. The van der Waals surface area contributed by atoms with E-state index in [1.807, 2.05) is 18.4 Å². The van der Waals surface area contributed by atoms with Crippen molar-refractivity contribution in [2.45, 2.75) is 38.5 Å². The van der Waals surface area contributed by atoms with Gasteiger partial charge in [0.1, 0.15) is 5.03 Å². The summed E-state index contributed by atoms with van der Waals surface area (Å²) in [5.74, 6) is 1.83. The smallest absolute Gasteiger partial charge is 0.345 e. The molecule has 0 aliphatic carbocycles. The van der Waals surface area contributed by atoms with Crippen molar-refractivity contribution in [2.24, 2.45) is 0 Å². The molecule has 0 aliphatic rings. The topological polar surface area (TPSA) is 34.9 Å². The number of nitrogens with zero attached hydrogens (tertiary/aromatic N) is 2. The molecule has 0 aliphatic heterocycles. The summed E-state index contributed by atoms with van der Waals surface area (Å²) in [4.78, 5) is 16.7. The zero-order valence-electron chi connectivity index (χ0n) is 15.3. The maximum Gasteiger partial charge on any atom is 0.417 e. The number of ketones is 1. The number of pyridine rings is 1. The minimum atomic E-state index is -4.58. The van der Waals surface area contributed by atoms with Gasteiger partial charge in [0.25, 0.3) is 0 Å². The van der Waals surface area contributed by atoms with Gasteiger partial charge in [-0.05, 0) is 32.9 Å². The Balaban J connectivity index is 2.31. The third kappa shape index (κ3) is 4.45. The second-order valence-electron chi connectivity index (χ2n) is 6.03. The standard InChI is InChI=1S/C20H19F3N2OS/c1-6-8-25-13(4)10-16(14(25)5)18(26)11-27-19-15(7-2)17(20(21,22)23)9-12(3)24-19/h2,6,9-10H,1,8,11H2,3-5H3. The molecule has 2 heterocycles. The van der Waals surface area contributed by atoms with Crippen molar-refractivity contribution in [3.8, 4) is 12.3 Å². The fourth-order valence-electron chi connectivity index (χ4n) is 2.82. The Labute approximate surface area is 160 Å². The van der Waals surface area contributed by atoms with Crippen LogP contribution in [0.2, 0.25) is 0 Å². The van der Waals surface area contributed by atoms with Gasteiger partial charge < -0.3 is 4.57 Å². The van der Waals surface area contributed by atoms with Crippen LogP contribution in [0.3, 0.4) is 0 Å². The van der Waals surface area contributed by atoms with Gasteiger partial charge in [-0.2, -0.15) is 13.2 Å². The second-order valence-corrected chi connectivity index (χ2v) is 6.99. The molecule has 142 valence electrons. The Bertz CT molecular complexity index is 936. The largest absolute Gasteiger partial charge is 0.417 e. The molecule has 0 saturated carbocycles. The van der Waals surface area contributed by atoms with Crippen molar-refractivity contribution >= 4 is 17.5 Å². The van der Waals surface area contributed by atoms with Crippen LogP contribution in [0.5, 0.6) is 0 Å². The molecular weight excluding hydrogens is 373 g/mol. The summed E-state index contributed by atoms with van der Waals surface area (Å²) >= 11 is 0.924. The molecule has 0 fully saturated rings. The Hall–Kier alpha value is -2.46. The molecule has 0 bridgehead atoms. The third-order valence-electron chi connectivity index (χ3n) is 4.09. The van der Waals surface area contributed by atoms with Crippen LogP contribution in [0.4, 0.5) is 13.2 Å². The van der Waals surface area contributed by atoms with Gasteiger partial charge >= 0.3 is 6.18 Å². The molecule has 0 spiro atoms. The van der Waals surface area contributed by atoms with Crippen LogP contribution in [-0.4, -0.2) is 21.1 Å². The van der Waals surface area contributed by atoms with Gasteiger partial charge in [-0.25, -0.2) is 4.98 Å². The number of alkyl halides is 3. The van der Waals surface area contributed by atoms with Crippen molar-refractivity contribution in [1.82, 2.24) is 9.55 Å². The summed E-state index contributed by atoms with van der Waals surface area (Å²) in [7, 11) is 0. The molecule has 0 N–H and O–H groups in total. The number of halogens is 3. The number of thioether (sulfide) groups is 1. The third-order valence-corrected chi connectivity index (χ3v) is 5.07. The van der Waals surface area contributed by atoms with E-state index < -0.39 is 11.7 Å². The highest BCUT2D eigenvalue weighted by molar-refractivity contribution is 8.00. The van der Waals surface area contributed by atoms with Crippen LogP contribution in [0.25, 0.3) is 0 Å². The van der Waals surface area contributed by atoms with Crippen LogP contribution in [0, 0.1) is 33.1 Å². The number of aryl methyl sites for hydroxylation is 2. The van der Waals surface area contributed by atoms with E-state index in [-0.39, 0.29) is 27.8 Å². The number of carbonyl (C=O) groups excluding carboxylic acids is 1. The lowest BCUT2D eigenvalue weighted by molar-refractivity contribution is -0.138. The molecule has 2 rings (SSSR count). The Morgan fingerprint density at radius 1 is 1.37 bits per heavy atom. The number of hydrogen-bond donors (Lipinski definition) is 0. The van der Waals surface area contributed by atoms with E-state index in [1.54, 1.807) is 12.1 Å². The Kier molecular flexibility index (Phi) is 6.22. The van der Waals surface area contributed by atoms with Gasteiger partial charge in [0.05, 0.1) is 16.9 Å². The van der Waals surface area contributed by atoms with Crippen LogP contribution < -0.4 is 0 Å². The van der Waals surface area contributed by atoms with Gasteiger partial charge in [0.2, 0.25) is 0 Å². The van der Waals surface area contributed by atoms with Crippen LogP contribution >= 0.6 is 11.8 Å². The molecule has 2 aromatic rings. The van der Waals surface area contributed by atoms with E-state index in [1.165, 1.54) is 6.92 Å². The van der Waals surface area contributed by atoms with Crippen molar-refractivity contribution in [1.29, 1.82) is 0 Å². The number of Topliss-reactive ketones (excluding diaryl/α,β-unsaturated/α-hetero) is 1. The molecular formula is C20H19F3N2OS. The minimum absolute atomic E-state index is 0.0399. The average Bonchev–Trinajstić information content (AvgIpc) is 2.87. The second kappa shape index (κ2) is 8.05. The summed E-state index contributed by atoms with van der Waals surface area (Å²) < 4.78 is 41.6. The lowest BCUT2D eigenvalue weighted by atomic mass is 10.1. The van der Waals surface area contributed by atoms with Crippen molar-refractivity contribution in [2.75, 3.05) is 5.75 Å². The maximum absolute atomic E-state index is 13.2. The summed E-state index contributed by atoms with van der Waals surface area (Å²) in [6.45, 7) is 9.45. The minimum Gasteiger partial charge on any atom is -0.345 e. The monoisotopic (exact) mass is 392 g/mol. The zero-order chi connectivity index (χ0) is 20.4. The Morgan fingerprint density at radius 3 is 2.59 bits per heavy atom. The molecule has 3 nitrogen and oxygen atoms in total. The summed E-state index contributed by atoms with van der Waals surface area (Å²) in [5.41, 5.74) is 1.20. The van der Waals surface area contributed by atoms with Gasteiger partial charge in [0, 0.05) is 29.2 Å². The molecule has 27 heavy (non-hydrogen) atoms. The highest BCUT2D eigenvalue weighted by Crippen LogP contribution is 2.36. The number of hydrogen-bond acceptors (Lipinski definition) is 3. The first-order chi connectivity index (χ1) is 12.6. The number of aromatic nitrogens is 2. The van der Waals surface area contributed by atoms with Gasteiger partial charge in [-0.15, -0.1) is 13.0 Å².